The van der Waals surface area contributed by atoms with Crippen LogP contribution in [0.15, 0.2) is 28.8 Å². The Hall–Kier alpha value is -2.41. The minimum Gasteiger partial charge on any atom is -0.496 e. The molecule has 1 amide bonds. The number of aromatic nitrogens is 2. The van der Waals surface area contributed by atoms with Crippen molar-refractivity contribution < 1.29 is 14.1 Å². The maximum atomic E-state index is 11.9. The minimum atomic E-state index is -0.529. The fourth-order valence-corrected chi connectivity index (χ4v) is 2.17. The average molecular weight is 318 g/mol. The molecule has 23 heavy (non-hydrogen) atoms. The van der Waals surface area contributed by atoms with Crippen LogP contribution in [-0.4, -0.2) is 29.2 Å². The first-order valence-corrected chi connectivity index (χ1v) is 7.59. The molecule has 0 aliphatic carbocycles. The second-order valence-corrected chi connectivity index (χ2v) is 5.28. The monoisotopic (exact) mass is 318 g/mol. The molecular weight excluding hydrogens is 296 g/mol. The normalized spacial score (nSPS) is 13.4. The number of nitrogens with zero attached hydrogens (tertiary/aromatic N) is 2. The summed E-state index contributed by atoms with van der Waals surface area (Å²) in [5.74, 6) is 1.16. The Morgan fingerprint density at radius 2 is 2.17 bits per heavy atom. The third-order valence-corrected chi connectivity index (χ3v) is 3.46. The number of carbonyl (C=O) groups excluding carboxylic acids is 1. The Bertz CT molecular complexity index is 656. The first-order chi connectivity index (χ1) is 11.1. The summed E-state index contributed by atoms with van der Waals surface area (Å²) in [7, 11) is 1.58. The van der Waals surface area contributed by atoms with Crippen LogP contribution < -0.4 is 15.8 Å². The zero-order chi connectivity index (χ0) is 16.8. The van der Waals surface area contributed by atoms with E-state index in [0.29, 0.717) is 23.9 Å². The lowest BCUT2D eigenvalue weighted by Gasteiger charge is -2.14. The maximum Gasteiger partial charge on any atom is 0.249 e. The van der Waals surface area contributed by atoms with E-state index in [1.807, 2.05) is 31.2 Å². The number of methoxy groups -OCH3 is 1. The van der Waals surface area contributed by atoms with E-state index >= 15 is 0 Å². The second-order valence-electron chi connectivity index (χ2n) is 5.28. The topological polar surface area (TPSA) is 103 Å². The fraction of sp³-hybridized carbons (Fsp3) is 0.438. The molecule has 0 aliphatic rings. The predicted octanol–water partition coefficient (Wildman–Crippen LogP) is 2.05. The van der Waals surface area contributed by atoms with Crippen molar-refractivity contribution in [1.82, 2.24) is 15.5 Å². The van der Waals surface area contributed by atoms with Gasteiger partial charge in [-0.25, -0.2) is 0 Å². The highest BCUT2D eigenvalue weighted by Crippen LogP contribution is 2.27. The molecular formula is C16H22N4O3. The summed E-state index contributed by atoms with van der Waals surface area (Å²) in [6.07, 6.45) is 1.48. The van der Waals surface area contributed by atoms with Gasteiger partial charge in [-0.3, -0.25) is 4.79 Å². The molecule has 0 saturated heterocycles. The summed E-state index contributed by atoms with van der Waals surface area (Å²) in [6, 6.07) is 6.44. The van der Waals surface area contributed by atoms with Crippen molar-refractivity contribution >= 4 is 5.91 Å². The van der Waals surface area contributed by atoms with E-state index in [2.05, 4.69) is 15.5 Å². The van der Waals surface area contributed by atoms with E-state index in [0.717, 1.165) is 12.0 Å². The molecule has 2 atom stereocenters. The first kappa shape index (κ1) is 17.0. The summed E-state index contributed by atoms with van der Waals surface area (Å²) >= 11 is 0. The van der Waals surface area contributed by atoms with Gasteiger partial charge in [0, 0.05) is 0 Å². The van der Waals surface area contributed by atoms with Gasteiger partial charge in [0.05, 0.1) is 18.7 Å². The lowest BCUT2D eigenvalue weighted by atomic mass is 10.1. The number of rotatable bonds is 7. The Labute approximate surface area is 135 Å². The van der Waals surface area contributed by atoms with Gasteiger partial charge >= 0.3 is 0 Å². The number of nitrogens with one attached hydrogen (secondary N) is 1. The molecule has 7 heteroatoms. The van der Waals surface area contributed by atoms with Gasteiger partial charge in [0.15, 0.2) is 0 Å². The van der Waals surface area contributed by atoms with Gasteiger partial charge in [0.2, 0.25) is 17.6 Å². The summed E-state index contributed by atoms with van der Waals surface area (Å²) < 4.78 is 10.5. The van der Waals surface area contributed by atoms with E-state index in [1.54, 1.807) is 14.0 Å². The number of benzene rings is 1. The molecule has 2 aromatic rings. The molecule has 0 aliphatic heterocycles. The van der Waals surface area contributed by atoms with Crippen molar-refractivity contribution in [2.75, 3.05) is 7.11 Å². The summed E-state index contributed by atoms with van der Waals surface area (Å²) in [6.45, 7) is 3.75. The smallest absolute Gasteiger partial charge is 0.249 e. The highest BCUT2D eigenvalue weighted by atomic mass is 16.5. The van der Waals surface area contributed by atoms with Crippen LogP contribution in [0, 0.1) is 0 Å². The standard InChI is InChI=1S/C16H22N4O3/c1-4-7-12(17)15(21)18-10(2)16-19-14(20-23-16)11-8-5-6-9-13(11)22-3/h5-6,8-10,12H,4,7,17H2,1-3H3,(H,18,21). The van der Waals surface area contributed by atoms with Crippen molar-refractivity contribution in [1.29, 1.82) is 0 Å². The Morgan fingerprint density at radius 3 is 2.87 bits per heavy atom. The second kappa shape index (κ2) is 7.73. The first-order valence-electron chi connectivity index (χ1n) is 7.59. The van der Waals surface area contributed by atoms with Crippen molar-refractivity contribution in [3.8, 4) is 17.1 Å². The lowest BCUT2D eigenvalue weighted by molar-refractivity contribution is -0.123. The van der Waals surface area contributed by atoms with E-state index in [1.165, 1.54) is 0 Å². The van der Waals surface area contributed by atoms with Crippen LogP contribution in [0.5, 0.6) is 5.75 Å². The number of carbonyl (C=O) groups is 1. The molecule has 0 bridgehead atoms. The fourth-order valence-electron chi connectivity index (χ4n) is 2.17. The molecule has 0 spiro atoms. The van der Waals surface area contributed by atoms with E-state index in [4.69, 9.17) is 15.0 Å². The van der Waals surface area contributed by atoms with Crippen LogP contribution in [0.2, 0.25) is 0 Å². The molecule has 1 aromatic carbocycles. The summed E-state index contributed by atoms with van der Waals surface area (Å²) in [5, 5.41) is 6.74. The zero-order valence-corrected chi connectivity index (χ0v) is 13.6. The van der Waals surface area contributed by atoms with Crippen molar-refractivity contribution in [3.63, 3.8) is 0 Å². The van der Waals surface area contributed by atoms with Crippen LogP contribution >= 0.6 is 0 Å². The van der Waals surface area contributed by atoms with Crippen LogP contribution in [-0.2, 0) is 4.79 Å². The Kier molecular flexibility index (Phi) is 5.70. The summed E-state index contributed by atoms with van der Waals surface area (Å²) in [5.41, 5.74) is 6.52. The zero-order valence-electron chi connectivity index (χ0n) is 13.6. The number of nitrogens with two attached hydrogens (primary N) is 1. The van der Waals surface area contributed by atoms with Gasteiger partial charge in [0.25, 0.3) is 0 Å². The molecule has 0 saturated carbocycles. The van der Waals surface area contributed by atoms with Gasteiger partial charge in [-0.05, 0) is 25.5 Å². The van der Waals surface area contributed by atoms with Crippen LogP contribution in [0.25, 0.3) is 11.4 Å². The van der Waals surface area contributed by atoms with Crippen LogP contribution in [0.1, 0.15) is 38.6 Å². The van der Waals surface area contributed by atoms with Crippen LogP contribution in [0.4, 0.5) is 0 Å². The number of hydrogen-bond donors (Lipinski definition) is 2. The molecule has 3 N–H and O–H groups in total. The maximum absolute atomic E-state index is 11.9. The molecule has 0 radical (unpaired) electrons. The quantitative estimate of drug-likeness (QED) is 0.810. The van der Waals surface area contributed by atoms with Crippen molar-refractivity contribution in [3.05, 3.63) is 30.2 Å². The largest absolute Gasteiger partial charge is 0.496 e. The predicted molar refractivity (Wildman–Crippen MR) is 85.7 cm³/mol. The Morgan fingerprint density at radius 1 is 1.43 bits per heavy atom. The average Bonchev–Trinajstić information content (AvgIpc) is 3.04. The van der Waals surface area contributed by atoms with Crippen LogP contribution in [0.3, 0.4) is 0 Å². The molecule has 2 rings (SSSR count). The Balaban J connectivity index is 2.11. The van der Waals surface area contributed by atoms with E-state index in [9.17, 15) is 4.79 Å². The number of para-hydroxylation sites is 1. The molecule has 7 nitrogen and oxygen atoms in total. The number of hydrogen-bond acceptors (Lipinski definition) is 6. The van der Waals surface area contributed by atoms with Gasteiger partial charge in [-0.15, -0.1) is 0 Å². The minimum absolute atomic E-state index is 0.226. The number of ether oxygens (including phenoxy) is 1. The van der Waals surface area contributed by atoms with Crippen molar-refractivity contribution in [2.45, 2.75) is 38.8 Å². The number of amides is 1. The van der Waals surface area contributed by atoms with Gasteiger partial charge < -0.3 is 20.3 Å². The highest BCUT2D eigenvalue weighted by molar-refractivity contribution is 5.81. The third-order valence-electron chi connectivity index (χ3n) is 3.46. The lowest BCUT2D eigenvalue weighted by Crippen LogP contribution is -2.41. The van der Waals surface area contributed by atoms with Gasteiger partial charge in [0.1, 0.15) is 11.8 Å². The van der Waals surface area contributed by atoms with Gasteiger partial charge in [-0.1, -0.05) is 30.6 Å². The molecule has 0 fully saturated rings. The van der Waals surface area contributed by atoms with E-state index < -0.39 is 12.1 Å². The van der Waals surface area contributed by atoms with Gasteiger partial charge in [-0.2, -0.15) is 4.98 Å². The molecule has 124 valence electrons. The van der Waals surface area contributed by atoms with Crippen molar-refractivity contribution in [2.24, 2.45) is 5.73 Å². The molecule has 2 unspecified atom stereocenters. The third kappa shape index (κ3) is 4.07. The molecule has 1 heterocycles. The highest BCUT2D eigenvalue weighted by Gasteiger charge is 2.21. The summed E-state index contributed by atoms with van der Waals surface area (Å²) in [4.78, 5) is 16.3. The molecule has 1 aromatic heterocycles. The van der Waals surface area contributed by atoms with E-state index in [-0.39, 0.29) is 5.91 Å². The SMILES string of the molecule is CCCC(N)C(=O)NC(C)c1nc(-c2ccccc2OC)no1.